The third-order valence-corrected chi connectivity index (χ3v) is 4.59. The zero-order valence-electron chi connectivity index (χ0n) is 11.1. The van der Waals surface area contributed by atoms with Crippen molar-refractivity contribution in [3.8, 4) is 0 Å². The highest BCUT2D eigenvalue weighted by Crippen LogP contribution is 2.22. The molecule has 0 radical (unpaired) electrons. The van der Waals surface area contributed by atoms with Crippen LogP contribution in [0.5, 0.6) is 0 Å². The van der Waals surface area contributed by atoms with E-state index >= 15 is 0 Å². The number of nitrogens with two attached hydrogens (primary N) is 1. The van der Waals surface area contributed by atoms with Gasteiger partial charge in [-0.3, -0.25) is 4.79 Å². The van der Waals surface area contributed by atoms with Crippen molar-refractivity contribution in [2.45, 2.75) is 13.0 Å². The highest BCUT2D eigenvalue weighted by atomic mass is 79.9. The minimum absolute atomic E-state index is 0.0676. The minimum Gasteiger partial charge on any atom is -0.334 e. The number of hydrogen-bond acceptors (Lipinski definition) is 3. The van der Waals surface area contributed by atoms with Crippen molar-refractivity contribution in [2.24, 2.45) is 5.73 Å². The molecular formula is C15H17BrN2OS. The topological polar surface area (TPSA) is 46.3 Å². The number of rotatable bonds is 6. The van der Waals surface area contributed by atoms with Gasteiger partial charge in [-0.15, -0.1) is 11.3 Å². The van der Waals surface area contributed by atoms with Gasteiger partial charge in [0.15, 0.2) is 0 Å². The summed E-state index contributed by atoms with van der Waals surface area (Å²) in [5, 5.41) is 1.93. The van der Waals surface area contributed by atoms with E-state index < -0.39 is 0 Å². The average molecular weight is 353 g/mol. The predicted molar refractivity (Wildman–Crippen MR) is 86.9 cm³/mol. The molecule has 1 aromatic carbocycles. The van der Waals surface area contributed by atoms with E-state index in [0.29, 0.717) is 19.6 Å². The van der Waals surface area contributed by atoms with E-state index in [1.807, 2.05) is 46.7 Å². The standard InChI is InChI=1S/C15H17BrN2OS/c16-13-9-14(20-11-13)15(19)18(8-4-7-17)10-12-5-2-1-3-6-12/h1-3,5-6,9,11H,4,7-8,10,17H2. The molecule has 106 valence electrons. The van der Waals surface area contributed by atoms with Gasteiger partial charge in [0, 0.05) is 22.9 Å². The van der Waals surface area contributed by atoms with Crippen molar-refractivity contribution in [3.05, 3.63) is 56.7 Å². The van der Waals surface area contributed by atoms with Gasteiger partial charge in [-0.25, -0.2) is 0 Å². The lowest BCUT2D eigenvalue weighted by Gasteiger charge is -2.22. The predicted octanol–water partition coefficient (Wildman–Crippen LogP) is 3.50. The van der Waals surface area contributed by atoms with E-state index in [2.05, 4.69) is 15.9 Å². The monoisotopic (exact) mass is 352 g/mol. The van der Waals surface area contributed by atoms with Crippen molar-refractivity contribution in [1.29, 1.82) is 0 Å². The molecule has 20 heavy (non-hydrogen) atoms. The van der Waals surface area contributed by atoms with Crippen LogP contribution >= 0.6 is 27.3 Å². The summed E-state index contributed by atoms with van der Waals surface area (Å²) in [4.78, 5) is 15.2. The van der Waals surface area contributed by atoms with E-state index in [1.165, 1.54) is 11.3 Å². The quantitative estimate of drug-likeness (QED) is 0.864. The molecule has 0 saturated carbocycles. The summed E-state index contributed by atoms with van der Waals surface area (Å²) in [6, 6.07) is 11.9. The SMILES string of the molecule is NCCCN(Cc1ccccc1)C(=O)c1cc(Br)cs1. The number of thiophene rings is 1. The van der Waals surface area contributed by atoms with Crippen molar-refractivity contribution < 1.29 is 4.79 Å². The number of hydrogen-bond donors (Lipinski definition) is 1. The molecule has 0 unspecified atom stereocenters. The second-order valence-electron chi connectivity index (χ2n) is 4.48. The van der Waals surface area contributed by atoms with Crippen LogP contribution in [0.15, 0.2) is 46.3 Å². The Morgan fingerprint density at radius 2 is 2.05 bits per heavy atom. The maximum Gasteiger partial charge on any atom is 0.264 e. The average Bonchev–Trinajstić information content (AvgIpc) is 2.90. The van der Waals surface area contributed by atoms with Crippen LogP contribution in [-0.4, -0.2) is 23.9 Å². The molecular weight excluding hydrogens is 336 g/mol. The molecule has 0 aliphatic carbocycles. The van der Waals surface area contributed by atoms with Gasteiger partial charge < -0.3 is 10.6 Å². The van der Waals surface area contributed by atoms with Crippen LogP contribution in [0, 0.1) is 0 Å². The third-order valence-electron chi connectivity index (χ3n) is 2.91. The largest absolute Gasteiger partial charge is 0.334 e. The summed E-state index contributed by atoms with van der Waals surface area (Å²) in [5.74, 6) is 0.0676. The van der Waals surface area contributed by atoms with E-state index in [-0.39, 0.29) is 5.91 Å². The Labute approximate surface area is 131 Å². The highest BCUT2D eigenvalue weighted by Gasteiger charge is 2.17. The second kappa shape index (κ2) is 7.57. The first-order valence-corrected chi connectivity index (χ1v) is 8.15. The molecule has 5 heteroatoms. The molecule has 2 rings (SSSR count). The number of carbonyl (C=O) groups is 1. The van der Waals surface area contributed by atoms with Crippen molar-refractivity contribution in [2.75, 3.05) is 13.1 Å². The Morgan fingerprint density at radius 1 is 1.30 bits per heavy atom. The number of halogens is 1. The minimum atomic E-state index is 0.0676. The second-order valence-corrected chi connectivity index (χ2v) is 6.31. The Morgan fingerprint density at radius 3 is 2.65 bits per heavy atom. The summed E-state index contributed by atoms with van der Waals surface area (Å²) in [5.41, 5.74) is 6.70. The Balaban J connectivity index is 2.12. The van der Waals surface area contributed by atoms with E-state index in [4.69, 9.17) is 5.73 Å². The van der Waals surface area contributed by atoms with Crippen LogP contribution < -0.4 is 5.73 Å². The molecule has 1 aromatic heterocycles. The van der Waals surface area contributed by atoms with Gasteiger partial charge in [-0.1, -0.05) is 30.3 Å². The van der Waals surface area contributed by atoms with Crippen LogP contribution in [0.3, 0.4) is 0 Å². The van der Waals surface area contributed by atoms with Crippen LogP contribution in [0.4, 0.5) is 0 Å². The lowest BCUT2D eigenvalue weighted by atomic mass is 10.2. The first kappa shape index (κ1) is 15.2. The molecule has 0 aliphatic heterocycles. The number of nitrogens with zero attached hydrogens (tertiary/aromatic N) is 1. The molecule has 1 heterocycles. The molecule has 2 N–H and O–H groups in total. The van der Waals surface area contributed by atoms with Gasteiger partial charge >= 0.3 is 0 Å². The number of carbonyl (C=O) groups excluding carboxylic acids is 1. The lowest BCUT2D eigenvalue weighted by molar-refractivity contribution is 0.0747. The summed E-state index contributed by atoms with van der Waals surface area (Å²) in [6.07, 6.45) is 0.811. The van der Waals surface area contributed by atoms with Gasteiger partial charge in [0.2, 0.25) is 0 Å². The van der Waals surface area contributed by atoms with Crippen molar-refractivity contribution in [3.63, 3.8) is 0 Å². The Hall–Kier alpha value is -1.17. The summed E-state index contributed by atoms with van der Waals surface area (Å²) >= 11 is 4.85. The zero-order chi connectivity index (χ0) is 14.4. The molecule has 2 aromatic rings. The van der Waals surface area contributed by atoms with Gasteiger partial charge in [0.25, 0.3) is 5.91 Å². The van der Waals surface area contributed by atoms with Crippen molar-refractivity contribution in [1.82, 2.24) is 4.90 Å². The Bertz CT molecular complexity index is 556. The zero-order valence-corrected chi connectivity index (χ0v) is 13.5. The molecule has 1 amide bonds. The number of amides is 1. The van der Waals surface area contributed by atoms with Gasteiger partial charge in [0.1, 0.15) is 0 Å². The van der Waals surface area contributed by atoms with Crippen LogP contribution in [0.2, 0.25) is 0 Å². The smallest absolute Gasteiger partial charge is 0.264 e. The van der Waals surface area contributed by atoms with Crippen LogP contribution in [0.1, 0.15) is 21.7 Å². The fourth-order valence-corrected chi connectivity index (χ4v) is 3.31. The third kappa shape index (κ3) is 4.16. The van der Waals surface area contributed by atoms with Gasteiger partial charge in [0.05, 0.1) is 4.88 Å². The molecule has 0 aliphatic rings. The molecule has 0 spiro atoms. The van der Waals surface area contributed by atoms with Gasteiger partial charge in [-0.2, -0.15) is 0 Å². The fourth-order valence-electron chi connectivity index (χ4n) is 1.92. The van der Waals surface area contributed by atoms with Crippen LogP contribution in [0.25, 0.3) is 0 Å². The summed E-state index contributed by atoms with van der Waals surface area (Å²) in [7, 11) is 0. The van der Waals surface area contributed by atoms with E-state index in [0.717, 1.165) is 21.3 Å². The van der Waals surface area contributed by atoms with E-state index in [1.54, 1.807) is 0 Å². The lowest BCUT2D eigenvalue weighted by Crippen LogP contribution is -2.32. The molecule has 0 bridgehead atoms. The number of benzene rings is 1. The van der Waals surface area contributed by atoms with E-state index in [9.17, 15) is 4.79 Å². The highest BCUT2D eigenvalue weighted by molar-refractivity contribution is 9.10. The molecule has 0 saturated heterocycles. The fraction of sp³-hybridized carbons (Fsp3) is 0.267. The maximum absolute atomic E-state index is 12.5. The molecule has 0 fully saturated rings. The normalized spacial score (nSPS) is 10.5. The first-order valence-electron chi connectivity index (χ1n) is 6.48. The molecule has 0 atom stereocenters. The van der Waals surface area contributed by atoms with Gasteiger partial charge in [-0.05, 0) is 40.5 Å². The maximum atomic E-state index is 12.5. The Kier molecular flexibility index (Phi) is 5.76. The molecule has 3 nitrogen and oxygen atoms in total. The van der Waals surface area contributed by atoms with Crippen molar-refractivity contribution >= 4 is 33.2 Å². The summed E-state index contributed by atoms with van der Waals surface area (Å²) in [6.45, 7) is 1.89. The first-order chi connectivity index (χ1) is 9.70. The summed E-state index contributed by atoms with van der Waals surface area (Å²) < 4.78 is 0.948. The van der Waals surface area contributed by atoms with Crippen LogP contribution in [-0.2, 0) is 6.54 Å².